The van der Waals surface area contributed by atoms with E-state index in [1.807, 2.05) is 6.20 Å². The highest BCUT2D eigenvalue weighted by Gasteiger charge is 2.56. The quantitative estimate of drug-likeness (QED) is 0.730. The third-order valence-electron chi connectivity index (χ3n) is 3.85. The Morgan fingerprint density at radius 1 is 1.27 bits per heavy atom. The van der Waals surface area contributed by atoms with Crippen LogP contribution in [0.1, 0.15) is 25.3 Å². The standard InChI is InChI=1S/C13H16N2/c1-13(2)11(12(13)14)9-4-3-8-5-6-15-10(8)7-9/h3-7,11-12,15H,14H2,1-2H3/t11-,12-/m1/s1. The van der Waals surface area contributed by atoms with Crippen LogP contribution < -0.4 is 5.73 Å². The normalized spacial score (nSPS) is 28.2. The minimum atomic E-state index is 0.264. The fraction of sp³-hybridized carbons (Fsp3) is 0.385. The molecule has 2 heteroatoms. The van der Waals surface area contributed by atoms with Gasteiger partial charge in [0.1, 0.15) is 0 Å². The molecule has 78 valence electrons. The van der Waals surface area contributed by atoms with Crippen molar-refractivity contribution < 1.29 is 0 Å². The molecule has 1 aliphatic carbocycles. The zero-order chi connectivity index (χ0) is 10.6. The van der Waals surface area contributed by atoms with E-state index in [0.717, 1.165) is 0 Å². The number of aromatic nitrogens is 1. The van der Waals surface area contributed by atoms with E-state index < -0.39 is 0 Å². The van der Waals surface area contributed by atoms with Gasteiger partial charge in [-0.15, -0.1) is 0 Å². The van der Waals surface area contributed by atoms with Gasteiger partial charge < -0.3 is 10.7 Å². The van der Waals surface area contributed by atoms with Gasteiger partial charge in [0.25, 0.3) is 0 Å². The van der Waals surface area contributed by atoms with E-state index in [1.54, 1.807) is 0 Å². The van der Waals surface area contributed by atoms with Gasteiger partial charge in [0, 0.05) is 23.7 Å². The van der Waals surface area contributed by atoms with Gasteiger partial charge in [-0.3, -0.25) is 0 Å². The summed E-state index contributed by atoms with van der Waals surface area (Å²) in [5, 5.41) is 1.27. The molecule has 1 aliphatic rings. The molecule has 0 saturated heterocycles. The van der Waals surface area contributed by atoms with Crippen molar-refractivity contribution in [3.63, 3.8) is 0 Å². The van der Waals surface area contributed by atoms with Crippen LogP contribution in [0.4, 0.5) is 0 Å². The average molecular weight is 200 g/mol. The van der Waals surface area contributed by atoms with Gasteiger partial charge in [-0.1, -0.05) is 26.0 Å². The van der Waals surface area contributed by atoms with Crippen LogP contribution in [-0.2, 0) is 0 Å². The van der Waals surface area contributed by atoms with Crippen molar-refractivity contribution in [3.05, 3.63) is 36.0 Å². The maximum absolute atomic E-state index is 6.09. The summed E-state index contributed by atoms with van der Waals surface area (Å²) < 4.78 is 0. The van der Waals surface area contributed by atoms with Crippen molar-refractivity contribution in [2.45, 2.75) is 25.8 Å². The number of rotatable bonds is 1. The fourth-order valence-electron chi connectivity index (χ4n) is 2.57. The summed E-state index contributed by atoms with van der Waals surface area (Å²) in [5.74, 6) is 0.519. The summed E-state index contributed by atoms with van der Waals surface area (Å²) >= 11 is 0. The number of aromatic amines is 1. The molecule has 0 unspecified atom stereocenters. The van der Waals surface area contributed by atoms with Crippen LogP contribution in [0.5, 0.6) is 0 Å². The second-order valence-electron chi connectivity index (χ2n) is 5.15. The first-order chi connectivity index (χ1) is 7.10. The van der Waals surface area contributed by atoms with Crippen LogP contribution in [0.25, 0.3) is 10.9 Å². The van der Waals surface area contributed by atoms with Gasteiger partial charge in [-0.25, -0.2) is 0 Å². The summed E-state index contributed by atoms with van der Waals surface area (Å²) in [6.07, 6.45) is 1.98. The van der Waals surface area contributed by atoms with E-state index >= 15 is 0 Å². The molecule has 15 heavy (non-hydrogen) atoms. The van der Waals surface area contributed by atoms with Gasteiger partial charge >= 0.3 is 0 Å². The van der Waals surface area contributed by atoms with Crippen LogP contribution >= 0.6 is 0 Å². The molecule has 0 amide bonds. The number of nitrogens with two attached hydrogens (primary N) is 1. The van der Waals surface area contributed by atoms with E-state index in [4.69, 9.17) is 5.73 Å². The van der Waals surface area contributed by atoms with Crippen LogP contribution in [0.2, 0.25) is 0 Å². The molecule has 0 aliphatic heterocycles. The lowest BCUT2D eigenvalue weighted by Crippen LogP contribution is -2.06. The van der Waals surface area contributed by atoms with Crippen molar-refractivity contribution >= 4 is 10.9 Å². The maximum atomic E-state index is 6.09. The highest BCUT2D eigenvalue weighted by Crippen LogP contribution is 2.57. The molecule has 1 aromatic heterocycles. The van der Waals surface area contributed by atoms with Crippen molar-refractivity contribution in [3.8, 4) is 0 Å². The number of H-pyrrole nitrogens is 1. The number of hydrogen-bond donors (Lipinski definition) is 2. The van der Waals surface area contributed by atoms with E-state index in [9.17, 15) is 0 Å². The molecule has 0 spiro atoms. The van der Waals surface area contributed by atoms with Gasteiger partial charge in [-0.05, 0) is 28.5 Å². The molecule has 0 radical (unpaired) electrons. The van der Waals surface area contributed by atoms with E-state index in [0.29, 0.717) is 12.0 Å². The second kappa shape index (κ2) is 2.64. The largest absolute Gasteiger partial charge is 0.361 e. The van der Waals surface area contributed by atoms with Crippen molar-refractivity contribution in [2.75, 3.05) is 0 Å². The summed E-state index contributed by atoms with van der Waals surface area (Å²) in [4.78, 5) is 3.24. The lowest BCUT2D eigenvalue weighted by atomic mass is 10.0. The highest BCUT2D eigenvalue weighted by molar-refractivity contribution is 5.80. The SMILES string of the molecule is CC1(C)[C@H](N)[C@H]1c1ccc2cc[nH]c2c1. The van der Waals surface area contributed by atoms with Crippen LogP contribution in [0, 0.1) is 5.41 Å². The molecule has 1 saturated carbocycles. The van der Waals surface area contributed by atoms with Gasteiger partial charge in [-0.2, -0.15) is 0 Å². The summed E-state index contributed by atoms with van der Waals surface area (Å²) in [6.45, 7) is 4.47. The zero-order valence-corrected chi connectivity index (χ0v) is 9.12. The molecule has 2 aromatic rings. The van der Waals surface area contributed by atoms with Gasteiger partial charge in [0.2, 0.25) is 0 Å². The number of nitrogens with one attached hydrogen (secondary N) is 1. The Labute approximate surface area is 89.5 Å². The van der Waals surface area contributed by atoms with E-state index in [2.05, 4.69) is 43.1 Å². The summed E-state index contributed by atoms with van der Waals surface area (Å²) in [5.41, 5.74) is 8.92. The molecule has 1 fully saturated rings. The molecule has 3 N–H and O–H groups in total. The Morgan fingerprint density at radius 3 is 2.67 bits per heavy atom. The Hall–Kier alpha value is -1.28. The smallest absolute Gasteiger partial charge is 0.0456 e. The first kappa shape index (κ1) is 8.98. The van der Waals surface area contributed by atoms with Crippen molar-refractivity contribution in [1.82, 2.24) is 4.98 Å². The number of fused-ring (bicyclic) bond motifs is 1. The molecule has 1 heterocycles. The zero-order valence-electron chi connectivity index (χ0n) is 9.12. The predicted molar refractivity (Wildman–Crippen MR) is 62.8 cm³/mol. The van der Waals surface area contributed by atoms with E-state index in [1.165, 1.54) is 16.5 Å². The monoisotopic (exact) mass is 200 g/mol. The van der Waals surface area contributed by atoms with Gasteiger partial charge in [0.15, 0.2) is 0 Å². The topological polar surface area (TPSA) is 41.8 Å². The first-order valence-electron chi connectivity index (χ1n) is 5.43. The molecular weight excluding hydrogens is 184 g/mol. The summed E-state index contributed by atoms with van der Waals surface area (Å²) in [7, 11) is 0. The Balaban J connectivity index is 2.06. The molecule has 0 bridgehead atoms. The van der Waals surface area contributed by atoms with Crippen LogP contribution in [-0.4, -0.2) is 11.0 Å². The Bertz CT molecular complexity index is 510. The molecule has 2 atom stereocenters. The second-order valence-corrected chi connectivity index (χ2v) is 5.15. The molecule has 3 rings (SSSR count). The Kier molecular flexibility index (Phi) is 1.58. The molecule has 1 aromatic carbocycles. The van der Waals surface area contributed by atoms with Crippen molar-refractivity contribution in [2.24, 2.45) is 11.1 Å². The first-order valence-corrected chi connectivity index (χ1v) is 5.43. The lowest BCUT2D eigenvalue weighted by Gasteiger charge is -2.02. The van der Waals surface area contributed by atoms with Crippen LogP contribution in [0.15, 0.2) is 30.5 Å². The minimum absolute atomic E-state index is 0.264. The molecular formula is C13H16N2. The number of benzene rings is 1. The lowest BCUT2D eigenvalue weighted by molar-refractivity contribution is 0.599. The van der Waals surface area contributed by atoms with Gasteiger partial charge in [0.05, 0.1) is 0 Å². The fourth-order valence-corrected chi connectivity index (χ4v) is 2.57. The third-order valence-corrected chi connectivity index (χ3v) is 3.85. The van der Waals surface area contributed by atoms with E-state index in [-0.39, 0.29) is 5.41 Å². The Morgan fingerprint density at radius 2 is 2.00 bits per heavy atom. The highest BCUT2D eigenvalue weighted by atomic mass is 14.8. The average Bonchev–Trinajstić information content (AvgIpc) is 2.62. The minimum Gasteiger partial charge on any atom is -0.361 e. The maximum Gasteiger partial charge on any atom is 0.0456 e. The molecule has 2 nitrogen and oxygen atoms in total. The predicted octanol–water partition coefficient (Wildman–Crippen LogP) is 2.62. The third kappa shape index (κ3) is 1.15. The number of hydrogen-bond acceptors (Lipinski definition) is 1. The van der Waals surface area contributed by atoms with Crippen LogP contribution in [0.3, 0.4) is 0 Å². The summed E-state index contributed by atoms with van der Waals surface area (Å²) in [6, 6.07) is 9.01. The van der Waals surface area contributed by atoms with Crippen molar-refractivity contribution in [1.29, 1.82) is 0 Å².